The Hall–Kier alpha value is -1.86. The number of halogens is 1. The second-order valence-electron chi connectivity index (χ2n) is 5.06. The van der Waals surface area contributed by atoms with Crippen molar-refractivity contribution in [1.29, 1.82) is 0 Å². The number of nitrogens with one attached hydrogen (secondary N) is 2. The average Bonchev–Trinajstić information content (AvgIpc) is 2.47. The van der Waals surface area contributed by atoms with Gasteiger partial charge in [0.25, 0.3) is 11.6 Å². The van der Waals surface area contributed by atoms with Gasteiger partial charge in [-0.1, -0.05) is 30.9 Å². The Morgan fingerprint density at radius 3 is 2.57 bits per heavy atom. The van der Waals surface area contributed by atoms with Gasteiger partial charge >= 0.3 is 0 Å². The predicted molar refractivity (Wildman–Crippen MR) is 80.3 cm³/mol. The highest BCUT2D eigenvalue weighted by molar-refractivity contribution is 6.34. The maximum atomic E-state index is 12.2. The minimum atomic E-state index is -0.627. The molecule has 7 nitrogen and oxygen atoms in total. The Balaban J connectivity index is 2.22. The Labute approximate surface area is 127 Å². The number of rotatable bonds is 4. The van der Waals surface area contributed by atoms with E-state index < -0.39 is 4.92 Å². The van der Waals surface area contributed by atoms with Crippen LogP contribution in [0.1, 0.15) is 42.5 Å². The van der Waals surface area contributed by atoms with Crippen molar-refractivity contribution in [2.45, 2.75) is 38.1 Å². The van der Waals surface area contributed by atoms with E-state index in [1.165, 1.54) is 18.6 Å². The molecule has 1 fully saturated rings. The van der Waals surface area contributed by atoms with Crippen LogP contribution in [0.4, 0.5) is 11.4 Å². The zero-order valence-electron chi connectivity index (χ0n) is 11.4. The molecule has 1 aliphatic carbocycles. The number of carbonyl (C=O) groups is 1. The predicted octanol–water partition coefficient (Wildman–Crippen LogP) is 2.60. The summed E-state index contributed by atoms with van der Waals surface area (Å²) in [5.74, 6) is 4.87. The summed E-state index contributed by atoms with van der Waals surface area (Å²) in [6.07, 6.45) is 5.22. The lowest BCUT2D eigenvalue weighted by atomic mass is 9.95. The second-order valence-corrected chi connectivity index (χ2v) is 5.47. The summed E-state index contributed by atoms with van der Waals surface area (Å²) in [7, 11) is 0. The van der Waals surface area contributed by atoms with E-state index in [4.69, 9.17) is 17.4 Å². The van der Waals surface area contributed by atoms with Crippen LogP contribution < -0.4 is 16.6 Å². The number of nitrogens with two attached hydrogens (primary N) is 1. The molecule has 0 unspecified atom stereocenters. The summed E-state index contributed by atoms with van der Waals surface area (Å²) in [4.78, 5) is 22.6. The Kier molecular flexibility index (Phi) is 4.98. The van der Waals surface area contributed by atoms with Gasteiger partial charge in [0.15, 0.2) is 0 Å². The highest BCUT2D eigenvalue weighted by atomic mass is 35.5. The number of nitrogen functional groups attached to an aromatic ring is 1. The molecule has 0 atom stereocenters. The van der Waals surface area contributed by atoms with Gasteiger partial charge in [0.05, 0.1) is 9.95 Å². The smallest absolute Gasteiger partial charge is 0.295 e. The molecule has 114 valence electrons. The van der Waals surface area contributed by atoms with E-state index in [2.05, 4.69) is 10.7 Å². The maximum Gasteiger partial charge on any atom is 0.295 e. The van der Waals surface area contributed by atoms with Crippen molar-refractivity contribution in [3.8, 4) is 0 Å². The van der Waals surface area contributed by atoms with Crippen molar-refractivity contribution in [2.75, 3.05) is 5.43 Å². The summed E-state index contributed by atoms with van der Waals surface area (Å²) >= 11 is 5.94. The van der Waals surface area contributed by atoms with Crippen LogP contribution in [0, 0.1) is 10.1 Å². The molecule has 1 saturated carbocycles. The van der Waals surface area contributed by atoms with E-state index in [0.717, 1.165) is 25.7 Å². The number of anilines is 1. The fourth-order valence-corrected chi connectivity index (χ4v) is 2.79. The minimum Gasteiger partial charge on any atom is -0.349 e. The molecule has 0 radical (unpaired) electrons. The Bertz CT molecular complexity index is 559. The van der Waals surface area contributed by atoms with Crippen molar-refractivity contribution in [3.63, 3.8) is 0 Å². The van der Waals surface area contributed by atoms with Crippen molar-refractivity contribution < 1.29 is 9.72 Å². The van der Waals surface area contributed by atoms with Crippen LogP contribution in [0.25, 0.3) is 0 Å². The summed E-state index contributed by atoms with van der Waals surface area (Å²) in [5.41, 5.74) is 2.03. The summed E-state index contributed by atoms with van der Waals surface area (Å²) < 4.78 is 0. The number of hydrazine groups is 1. The third-order valence-corrected chi connectivity index (χ3v) is 3.91. The third kappa shape index (κ3) is 3.62. The van der Waals surface area contributed by atoms with Crippen molar-refractivity contribution in [3.05, 3.63) is 32.8 Å². The third-order valence-electron chi connectivity index (χ3n) is 3.61. The van der Waals surface area contributed by atoms with Crippen LogP contribution in [-0.2, 0) is 0 Å². The monoisotopic (exact) mass is 312 g/mol. The average molecular weight is 313 g/mol. The maximum absolute atomic E-state index is 12.2. The molecular weight excluding hydrogens is 296 g/mol. The van der Waals surface area contributed by atoms with E-state index in [1.807, 2.05) is 0 Å². The SMILES string of the molecule is NNc1c(Cl)cc(C(=O)NC2CCCCC2)cc1[N+](=O)[O-]. The molecule has 2 rings (SSSR count). The first-order valence-electron chi connectivity index (χ1n) is 6.78. The van der Waals surface area contributed by atoms with Crippen molar-refractivity contribution in [2.24, 2.45) is 5.84 Å². The molecule has 0 bridgehead atoms. The molecule has 0 aliphatic heterocycles. The lowest BCUT2D eigenvalue weighted by molar-refractivity contribution is -0.384. The molecule has 4 N–H and O–H groups in total. The molecule has 21 heavy (non-hydrogen) atoms. The van der Waals surface area contributed by atoms with Crippen LogP contribution in [0.5, 0.6) is 0 Å². The van der Waals surface area contributed by atoms with E-state index in [9.17, 15) is 14.9 Å². The van der Waals surface area contributed by atoms with Gasteiger partial charge in [0.2, 0.25) is 0 Å². The molecule has 1 amide bonds. The molecule has 0 heterocycles. The van der Waals surface area contributed by atoms with Crippen LogP contribution in [-0.4, -0.2) is 16.9 Å². The van der Waals surface area contributed by atoms with Crippen LogP contribution in [0.3, 0.4) is 0 Å². The van der Waals surface area contributed by atoms with Crippen LogP contribution >= 0.6 is 11.6 Å². The number of nitrogens with zero attached hydrogens (tertiary/aromatic N) is 1. The fraction of sp³-hybridized carbons (Fsp3) is 0.462. The first-order valence-corrected chi connectivity index (χ1v) is 7.16. The quantitative estimate of drug-likeness (QED) is 0.449. The number of carbonyl (C=O) groups excluding carboxylic acids is 1. The normalized spacial score (nSPS) is 15.5. The topological polar surface area (TPSA) is 110 Å². The number of nitro benzene ring substituents is 1. The van der Waals surface area contributed by atoms with E-state index in [-0.39, 0.29) is 33.9 Å². The number of hydrogen-bond donors (Lipinski definition) is 3. The Morgan fingerprint density at radius 2 is 2.00 bits per heavy atom. The first kappa shape index (κ1) is 15.5. The fourth-order valence-electron chi connectivity index (χ4n) is 2.53. The number of hydrogen-bond acceptors (Lipinski definition) is 5. The van der Waals surface area contributed by atoms with Gasteiger partial charge in [0, 0.05) is 17.7 Å². The summed E-state index contributed by atoms with van der Waals surface area (Å²) in [6, 6.07) is 2.68. The van der Waals surface area contributed by atoms with E-state index >= 15 is 0 Å². The van der Waals surface area contributed by atoms with Gasteiger partial charge in [-0.25, -0.2) is 0 Å². The second kappa shape index (κ2) is 6.73. The number of benzene rings is 1. The zero-order valence-corrected chi connectivity index (χ0v) is 12.2. The summed E-state index contributed by atoms with van der Waals surface area (Å²) in [5, 5.41) is 14.0. The summed E-state index contributed by atoms with van der Waals surface area (Å²) in [6.45, 7) is 0. The van der Waals surface area contributed by atoms with Crippen molar-refractivity contribution in [1.82, 2.24) is 5.32 Å². The molecule has 0 spiro atoms. The lowest BCUT2D eigenvalue weighted by Crippen LogP contribution is -2.36. The molecule has 1 aromatic rings. The highest BCUT2D eigenvalue weighted by Gasteiger charge is 2.22. The zero-order chi connectivity index (χ0) is 15.4. The minimum absolute atomic E-state index is 0.00381. The lowest BCUT2D eigenvalue weighted by Gasteiger charge is -2.22. The Morgan fingerprint density at radius 1 is 1.33 bits per heavy atom. The molecule has 8 heteroatoms. The van der Waals surface area contributed by atoms with Gasteiger partial charge in [-0.2, -0.15) is 0 Å². The van der Waals surface area contributed by atoms with Gasteiger partial charge in [0.1, 0.15) is 5.69 Å². The molecule has 1 aliphatic rings. The first-order chi connectivity index (χ1) is 10.0. The van der Waals surface area contributed by atoms with Crippen LogP contribution in [0.2, 0.25) is 5.02 Å². The number of nitro groups is 1. The van der Waals surface area contributed by atoms with Crippen LogP contribution in [0.15, 0.2) is 12.1 Å². The molecule has 0 aromatic heterocycles. The standard InChI is InChI=1S/C13H17ClN4O3/c14-10-6-8(7-11(18(20)21)12(10)17-15)13(19)16-9-4-2-1-3-5-9/h6-7,9,17H,1-5,15H2,(H,16,19). The van der Waals surface area contributed by atoms with Gasteiger partial charge < -0.3 is 10.7 Å². The highest BCUT2D eigenvalue weighted by Crippen LogP contribution is 2.33. The molecular formula is C13H17ClN4O3. The molecule has 0 saturated heterocycles. The van der Waals surface area contributed by atoms with Crippen molar-refractivity contribution >= 4 is 28.9 Å². The largest absolute Gasteiger partial charge is 0.349 e. The number of amides is 1. The van der Waals surface area contributed by atoms with E-state index in [1.54, 1.807) is 0 Å². The van der Waals surface area contributed by atoms with Gasteiger partial charge in [-0.15, -0.1) is 0 Å². The van der Waals surface area contributed by atoms with Gasteiger partial charge in [-0.3, -0.25) is 20.8 Å². The molecule has 1 aromatic carbocycles. The van der Waals surface area contributed by atoms with Gasteiger partial charge in [-0.05, 0) is 18.9 Å². The van der Waals surface area contributed by atoms with E-state index in [0.29, 0.717) is 0 Å².